The molecule has 2 aromatic heterocycles. The van der Waals surface area contributed by atoms with Crippen molar-refractivity contribution < 1.29 is 9.53 Å². The highest BCUT2D eigenvalue weighted by atomic mass is 35.5. The molecule has 0 spiro atoms. The van der Waals surface area contributed by atoms with E-state index in [1.54, 1.807) is 6.07 Å². The standard InChI is InChI=1S/C23H26ClN5O2S/c24-19-6-1-2-7-20(19)31-15-5-9-22(30)27-23-26-18(17-32-23)16-28-11-13-29(14-12-28)21-8-3-4-10-25-21/h1-4,6-8,10,17H,5,9,11-16H2,(H,26,27,30). The maximum atomic E-state index is 12.2. The second-order valence-electron chi connectivity index (χ2n) is 7.53. The van der Waals surface area contributed by atoms with E-state index in [4.69, 9.17) is 16.3 Å². The van der Waals surface area contributed by atoms with Gasteiger partial charge in [0.05, 0.1) is 17.3 Å². The average Bonchev–Trinajstić information content (AvgIpc) is 3.25. The van der Waals surface area contributed by atoms with Crippen LogP contribution in [0.1, 0.15) is 18.5 Å². The summed E-state index contributed by atoms with van der Waals surface area (Å²) in [6.45, 7) is 5.03. The number of para-hydroxylation sites is 1. The summed E-state index contributed by atoms with van der Waals surface area (Å²) in [6, 6.07) is 13.3. The van der Waals surface area contributed by atoms with Gasteiger partial charge in [0.1, 0.15) is 11.6 Å². The van der Waals surface area contributed by atoms with Gasteiger partial charge in [0.15, 0.2) is 5.13 Å². The van der Waals surface area contributed by atoms with Crippen LogP contribution in [0.4, 0.5) is 10.9 Å². The molecule has 0 atom stereocenters. The van der Waals surface area contributed by atoms with Gasteiger partial charge in [0.25, 0.3) is 0 Å². The minimum atomic E-state index is -0.0577. The minimum absolute atomic E-state index is 0.0577. The van der Waals surface area contributed by atoms with E-state index in [0.29, 0.717) is 35.4 Å². The molecule has 7 nitrogen and oxygen atoms in total. The molecule has 0 unspecified atom stereocenters. The summed E-state index contributed by atoms with van der Waals surface area (Å²) in [5.41, 5.74) is 0.985. The number of hydrogen-bond donors (Lipinski definition) is 1. The van der Waals surface area contributed by atoms with Crippen molar-refractivity contribution in [2.24, 2.45) is 0 Å². The van der Waals surface area contributed by atoms with Crippen molar-refractivity contribution in [1.29, 1.82) is 0 Å². The van der Waals surface area contributed by atoms with Crippen LogP contribution in [0.5, 0.6) is 5.75 Å². The highest BCUT2D eigenvalue weighted by molar-refractivity contribution is 7.13. The normalized spacial score (nSPS) is 14.3. The lowest BCUT2D eigenvalue weighted by molar-refractivity contribution is -0.116. The van der Waals surface area contributed by atoms with Crippen LogP contribution in [0.3, 0.4) is 0 Å². The molecular formula is C23H26ClN5O2S. The number of amides is 1. The van der Waals surface area contributed by atoms with Gasteiger partial charge in [-0.1, -0.05) is 29.8 Å². The van der Waals surface area contributed by atoms with E-state index in [2.05, 4.69) is 25.1 Å². The molecule has 1 aromatic carbocycles. The van der Waals surface area contributed by atoms with E-state index in [0.717, 1.165) is 44.2 Å². The van der Waals surface area contributed by atoms with Gasteiger partial charge < -0.3 is 15.0 Å². The number of piperazine rings is 1. The van der Waals surface area contributed by atoms with Crippen molar-refractivity contribution in [1.82, 2.24) is 14.9 Å². The number of hydrogen-bond acceptors (Lipinski definition) is 7. The second kappa shape index (κ2) is 11.3. The van der Waals surface area contributed by atoms with Gasteiger partial charge >= 0.3 is 0 Å². The minimum Gasteiger partial charge on any atom is -0.492 e. The number of benzene rings is 1. The molecule has 3 heterocycles. The molecule has 3 aromatic rings. The molecule has 0 radical (unpaired) electrons. The first-order valence-corrected chi connectivity index (χ1v) is 11.9. The van der Waals surface area contributed by atoms with Gasteiger partial charge in [0.2, 0.25) is 5.91 Å². The highest BCUT2D eigenvalue weighted by Crippen LogP contribution is 2.23. The Morgan fingerprint density at radius 2 is 1.94 bits per heavy atom. The van der Waals surface area contributed by atoms with Crippen molar-refractivity contribution in [2.75, 3.05) is 43.0 Å². The third-order valence-electron chi connectivity index (χ3n) is 5.17. The number of nitrogens with one attached hydrogen (secondary N) is 1. The molecule has 1 N–H and O–H groups in total. The van der Waals surface area contributed by atoms with E-state index >= 15 is 0 Å². The van der Waals surface area contributed by atoms with Gasteiger partial charge in [-0.05, 0) is 30.7 Å². The Morgan fingerprint density at radius 3 is 2.72 bits per heavy atom. The summed E-state index contributed by atoms with van der Waals surface area (Å²) in [6.07, 6.45) is 2.81. The highest BCUT2D eigenvalue weighted by Gasteiger charge is 2.19. The van der Waals surface area contributed by atoms with Crippen molar-refractivity contribution in [2.45, 2.75) is 19.4 Å². The smallest absolute Gasteiger partial charge is 0.226 e. The molecule has 1 aliphatic heterocycles. The third-order valence-corrected chi connectivity index (χ3v) is 6.29. The first-order chi connectivity index (χ1) is 15.7. The Morgan fingerprint density at radius 1 is 1.12 bits per heavy atom. The molecule has 0 aliphatic carbocycles. The van der Waals surface area contributed by atoms with E-state index < -0.39 is 0 Å². The zero-order valence-corrected chi connectivity index (χ0v) is 19.3. The number of carbonyl (C=O) groups is 1. The summed E-state index contributed by atoms with van der Waals surface area (Å²) >= 11 is 7.52. The number of halogens is 1. The van der Waals surface area contributed by atoms with Crippen LogP contribution in [-0.2, 0) is 11.3 Å². The third kappa shape index (κ3) is 6.41. The Balaban J connectivity index is 1.16. The number of anilines is 2. The fourth-order valence-electron chi connectivity index (χ4n) is 3.50. The topological polar surface area (TPSA) is 70.6 Å². The average molecular weight is 472 g/mol. The largest absolute Gasteiger partial charge is 0.492 e. The van der Waals surface area contributed by atoms with Gasteiger partial charge in [-0.25, -0.2) is 9.97 Å². The Kier molecular flexibility index (Phi) is 7.92. The maximum Gasteiger partial charge on any atom is 0.226 e. The molecule has 0 saturated carbocycles. The zero-order valence-electron chi connectivity index (χ0n) is 17.7. The van der Waals surface area contributed by atoms with Gasteiger partial charge in [-0.15, -0.1) is 11.3 Å². The number of ether oxygens (including phenoxy) is 1. The quantitative estimate of drug-likeness (QED) is 0.469. The molecule has 1 saturated heterocycles. The van der Waals surface area contributed by atoms with Crippen LogP contribution < -0.4 is 15.0 Å². The molecule has 1 aliphatic rings. The number of rotatable bonds is 9. The predicted molar refractivity (Wildman–Crippen MR) is 129 cm³/mol. The van der Waals surface area contributed by atoms with E-state index in [-0.39, 0.29) is 5.91 Å². The van der Waals surface area contributed by atoms with Gasteiger partial charge in [-0.3, -0.25) is 9.69 Å². The molecule has 4 rings (SSSR count). The van der Waals surface area contributed by atoms with E-state index in [1.165, 1.54) is 11.3 Å². The summed E-state index contributed by atoms with van der Waals surface area (Å²) in [4.78, 5) is 25.9. The summed E-state index contributed by atoms with van der Waals surface area (Å²) in [5, 5.41) is 6.12. The molecule has 9 heteroatoms. The molecular weight excluding hydrogens is 446 g/mol. The van der Waals surface area contributed by atoms with Crippen molar-refractivity contribution in [3.63, 3.8) is 0 Å². The van der Waals surface area contributed by atoms with Crippen LogP contribution in [0, 0.1) is 0 Å². The SMILES string of the molecule is O=C(CCCOc1ccccc1Cl)Nc1nc(CN2CCN(c3ccccn3)CC2)cs1. The van der Waals surface area contributed by atoms with E-state index in [1.807, 2.05) is 48.0 Å². The Bertz CT molecular complexity index is 1010. The molecule has 0 bridgehead atoms. The number of thiazole rings is 1. The van der Waals surface area contributed by atoms with Crippen molar-refractivity contribution in [3.05, 3.63) is 64.8 Å². The molecule has 168 valence electrons. The summed E-state index contributed by atoms with van der Waals surface area (Å²) in [5.74, 6) is 1.61. The van der Waals surface area contributed by atoms with Crippen molar-refractivity contribution >= 4 is 39.8 Å². The lowest BCUT2D eigenvalue weighted by Crippen LogP contribution is -2.46. The first kappa shape index (κ1) is 22.5. The molecule has 1 fully saturated rings. The summed E-state index contributed by atoms with van der Waals surface area (Å²) in [7, 11) is 0. The van der Waals surface area contributed by atoms with Crippen LogP contribution >= 0.6 is 22.9 Å². The van der Waals surface area contributed by atoms with Crippen LogP contribution in [0.25, 0.3) is 0 Å². The fourth-order valence-corrected chi connectivity index (χ4v) is 4.41. The Hall–Kier alpha value is -2.68. The zero-order chi connectivity index (χ0) is 22.2. The van der Waals surface area contributed by atoms with Crippen LogP contribution in [-0.4, -0.2) is 53.6 Å². The monoisotopic (exact) mass is 471 g/mol. The Labute approximate surface area is 197 Å². The number of nitrogens with zero attached hydrogens (tertiary/aromatic N) is 4. The summed E-state index contributed by atoms with van der Waals surface area (Å²) < 4.78 is 5.62. The predicted octanol–water partition coefficient (Wildman–Crippen LogP) is 4.31. The van der Waals surface area contributed by atoms with Crippen molar-refractivity contribution in [3.8, 4) is 5.75 Å². The number of pyridine rings is 1. The van der Waals surface area contributed by atoms with Gasteiger partial charge in [0, 0.05) is 50.7 Å². The maximum absolute atomic E-state index is 12.2. The molecule has 1 amide bonds. The van der Waals surface area contributed by atoms with Crippen LogP contribution in [0.15, 0.2) is 54.0 Å². The lowest BCUT2D eigenvalue weighted by Gasteiger charge is -2.35. The lowest BCUT2D eigenvalue weighted by atomic mass is 10.3. The fraction of sp³-hybridized carbons (Fsp3) is 0.348. The number of aromatic nitrogens is 2. The van der Waals surface area contributed by atoms with Gasteiger partial charge in [-0.2, -0.15) is 0 Å². The second-order valence-corrected chi connectivity index (χ2v) is 8.79. The van der Waals surface area contributed by atoms with Crippen LogP contribution in [0.2, 0.25) is 5.02 Å². The first-order valence-electron chi connectivity index (χ1n) is 10.7. The molecule has 32 heavy (non-hydrogen) atoms. The van der Waals surface area contributed by atoms with E-state index in [9.17, 15) is 4.79 Å². The number of carbonyl (C=O) groups excluding carboxylic acids is 1.